The molecule has 0 bridgehead atoms. The first-order valence-electron chi connectivity index (χ1n) is 8.90. The van der Waals surface area contributed by atoms with Gasteiger partial charge in [-0.3, -0.25) is 4.57 Å². The smallest absolute Gasteiger partial charge is 0.167 e. The molecule has 0 radical (unpaired) electrons. The van der Waals surface area contributed by atoms with Gasteiger partial charge in [-0.05, 0) is 42.0 Å². The van der Waals surface area contributed by atoms with Crippen LogP contribution in [-0.4, -0.2) is 39.4 Å². The van der Waals surface area contributed by atoms with Crippen LogP contribution < -0.4 is 5.73 Å². The first-order chi connectivity index (χ1) is 14.2. The number of anilines is 1. The van der Waals surface area contributed by atoms with Crippen molar-refractivity contribution in [2.24, 2.45) is 0 Å². The fourth-order valence-corrected chi connectivity index (χ4v) is 3.18. The number of aliphatic hydroxyl groups excluding tert-OH is 1. The van der Waals surface area contributed by atoms with Crippen molar-refractivity contribution in [1.82, 2.24) is 34.3 Å². The Bertz CT molecular complexity index is 1290. The van der Waals surface area contributed by atoms with Gasteiger partial charge >= 0.3 is 0 Å². The van der Waals surface area contributed by atoms with Crippen LogP contribution in [0.1, 0.15) is 5.56 Å². The highest BCUT2D eigenvalue weighted by Crippen LogP contribution is 2.30. The zero-order valence-corrected chi connectivity index (χ0v) is 15.2. The minimum Gasteiger partial charge on any atom is -0.392 e. The Hall–Kier alpha value is -4.11. The zero-order chi connectivity index (χ0) is 19.8. The van der Waals surface area contributed by atoms with Crippen molar-refractivity contribution in [3.63, 3.8) is 0 Å². The molecule has 0 fully saturated rings. The Morgan fingerprint density at radius 3 is 2.59 bits per heavy atom. The molecule has 0 saturated carbocycles. The SMILES string of the molecule is Nc1ncccc1-c1nc2ccc(-n3cncn3)nc2n1-c1ccc(CO)cc1. The van der Waals surface area contributed by atoms with Crippen molar-refractivity contribution in [2.75, 3.05) is 5.73 Å². The molecule has 0 aliphatic heterocycles. The summed E-state index contributed by atoms with van der Waals surface area (Å²) in [5, 5.41) is 13.5. The first kappa shape index (κ1) is 17.0. The van der Waals surface area contributed by atoms with Crippen molar-refractivity contribution in [2.45, 2.75) is 6.61 Å². The van der Waals surface area contributed by atoms with E-state index in [9.17, 15) is 5.11 Å². The number of hydrogen-bond acceptors (Lipinski definition) is 7. The van der Waals surface area contributed by atoms with Crippen molar-refractivity contribution in [1.29, 1.82) is 0 Å². The van der Waals surface area contributed by atoms with Gasteiger partial charge in [0.1, 0.15) is 24.0 Å². The maximum absolute atomic E-state index is 9.37. The average molecular weight is 384 g/mol. The van der Waals surface area contributed by atoms with Gasteiger partial charge in [-0.25, -0.2) is 24.6 Å². The van der Waals surface area contributed by atoms with Crippen LogP contribution in [0.5, 0.6) is 0 Å². The molecular formula is C20H16N8O. The summed E-state index contributed by atoms with van der Waals surface area (Å²) in [6.45, 7) is -0.0257. The quantitative estimate of drug-likeness (QED) is 0.487. The number of aliphatic hydroxyl groups is 1. The van der Waals surface area contributed by atoms with E-state index in [4.69, 9.17) is 15.7 Å². The Morgan fingerprint density at radius 1 is 1.00 bits per heavy atom. The summed E-state index contributed by atoms with van der Waals surface area (Å²) < 4.78 is 3.51. The molecule has 4 aromatic heterocycles. The summed E-state index contributed by atoms with van der Waals surface area (Å²) in [6, 6.07) is 14.9. The molecule has 0 amide bonds. The summed E-state index contributed by atoms with van der Waals surface area (Å²) >= 11 is 0. The molecule has 9 nitrogen and oxygen atoms in total. The standard InChI is InChI=1S/C20H16N8O/c21-18-15(2-1-9-23-18)19-25-16-7-8-17(27-12-22-11-24-27)26-20(16)28(19)14-5-3-13(10-29)4-6-14/h1-9,11-12,29H,10H2,(H2,21,23). The Labute approximate surface area is 165 Å². The summed E-state index contributed by atoms with van der Waals surface area (Å²) in [6.07, 6.45) is 4.69. The fourth-order valence-electron chi connectivity index (χ4n) is 3.18. The van der Waals surface area contributed by atoms with Gasteiger partial charge in [0.25, 0.3) is 0 Å². The number of rotatable bonds is 4. The van der Waals surface area contributed by atoms with Gasteiger partial charge in [0, 0.05) is 11.9 Å². The number of fused-ring (bicyclic) bond motifs is 1. The highest BCUT2D eigenvalue weighted by molar-refractivity contribution is 5.83. The van der Waals surface area contributed by atoms with Crippen LogP contribution in [0, 0.1) is 0 Å². The van der Waals surface area contributed by atoms with Crippen LogP contribution in [0.2, 0.25) is 0 Å². The number of nitrogens with zero attached hydrogens (tertiary/aromatic N) is 7. The number of nitrogen functional groups attached to an aromatic ring is 1. The van der Waals surface area contributed by atoms with Crippen LogP contribution in [0.25, 0.3) is 34.1 Å². The molecule has 29 heavy (non-hydrogen) atoms. The zero-order valence-electron chi connectivity index (χ0n) is 15.2. The number of imidazole rings is 1. The van der Waals surface area contributed by atoms with E-state index in [0.717, 1.165) is 11.3 Å². The molecule has 0 atom stereocenters. The Balaban J connectivity index is 1.80. The lowest BCUT2D eigenvalue weighted by Crippen LogP contribution is -2.03. The van der Waals surface area contributed by atoms with Gasteiger partial charge in [-0.1, -0.05) is 12.1 Å². The number of nitrogens with two attached hydrogens (primary N) is 1. The van der Waals surface area contributed by atoms with Gasteiger partial charge in [0.15, 0.2) is 17.3 Å². The van der Waals surface area contributed by atoms with Crippen LogP contribution in [0.4, 0.5) is 5.82 Å². The molecule has 1 aromatic carbocycles. The van der Waals surface area contributed by atoms with Crippen LogP contribution in [0.15, 0.2) is 67.4 Å². The molecule has 4 heterocycles. The minimum absolute atomic E-state index is 0.0257. The molecule has 0 unspecified atom stereocenters. The molecular weight excluding hydrogens is 368 g/mol. The van der Waals surface area contributed by atoms with Gasteiger partial charge in [0.05, 0.1) is 12.2 Å². The maximum atomic E-state index is 9.37. The van der Waals surface area contributed by atoms with E-state index in [1.54, 1.807) is 17.2 Å². The van der Waals surface area contributed by atoms with Gasteiger partial charge in [-0.2, -0.15) is 5.10 Å². The predicted molar refractivity (Wildman–Crippen MR) is 107 cm³/mol. The highest BCUT2D eigenvalue weighted by Gasteiger charge is 2.18. The molecule has 0 saturated heterocycles. The van der Waals surface area contributed by atoms with E-state index in [-0.39, 0.29) is 6.61 Å². The monoisotopic (exact) mass is 384 g/mol. The number of pyridine rings is 2. The second kappa shape index (κ2) is 6.80. The third kappa shape index (κ3) is 2.89. The van der Waals surface area contributed by atoms with E-state index in [1.165, 1.54) is 6.33 Å². The van der Waals surface area contributed by atoms with Gasteiger partial charge in [0.2, 0.25) is 0 Å². The third-order valence-electron chi connectivity index (χ3n) is 4.60. The van der Waals surface area contributed by atoms with Crippen LogP contribution in [0.3, 0.4) is 0 Å². The summed E-state index contributed by atoms with van der Waals surface area (Å²) in [5.74, 6) is 1.63. The lowest BCUT2D eigenvalue weighted by atomic mass is 10.2. The van der Waals surface area contributed by atoms with Gasteiger partial charge in [-0.15, -0.1) is 0 Å². The van der Waals surface area contributed by atoms with E-state index >= 15 is 0 Å². The Kier molecular flexibility index (Phi) is 3.99. The van der Waals surface area contributed by atoms with Crippen LogP contribution in [-0.2, 0) is 6.61 Å². The second-order valence-corrected chi connectivity index (χ2v) is 6.38. The van der Waals surface area contributed by atoms with E-state index < -0.39 is 0 Å². The lowest BCUT2D eigenvalue weighted by Gasteiger charge is -2.11. The second-order valence-electron chi connectivity index (χ2n) is 6.38. The minimum atomic E-state index is -0.0257. The van der Waals surface area contributed by atoms with Crippen molar-refractivity contribution in [3.05, 3.63) is 72.9 Å². The molecule has 0 aliphatic carbocycles. The normalized spacial score (nSPS) is 11.2. The van der Waals surface area contributed by atoms with Crippen LogP contribution >= 0.6 is 0 Å². The maximum Gasteiger partial charge on any atom is 0.167 e. The topological polar surface area (TPSA) is 121 Å². The van der Waals surface area contributed by atoms with Crippen molar-refractivity contribution in [3.8, 4) is 22.9 Å². The molecule has 142 valence electrons. The van der Waals surface area contributed by atoms with E-state index in [2.05, 4.69) is 15.1 Å². The number of hydrogen-bond donors (Lipinski definition) is 2. The molecule has 0 aliphatic rings. The predicted octanol–water partition coefficient (Wildman–Crippen LogP) is 2.14. The molecule has 3 N–H and O–H groups in total. The molecule has 5 rings (SSSR count). The molecule has 9 heteroatoms. The lowest BCUT2D eigenvalue weighted by molar-refractivity contribution is 0.282. The fraction of sp³-hybridized carbons (Fsp3) is 0.0500. The number of aromatic nitrogens is 7. The molecule has 5 aromatic rings. The Morgan fingerprint density at radius 2 is 1.86 bits per heavy atom. The summed E-state index contributed by atoms with van der Waals surface area (Å²) in [5.41, 5.74) is 9.85. The highest BCUT2D eigenvalue weighted by atomic mass is 16.3. The third-order valence-corrected chi connectivity index (χ3v) is 4.60. The van der Waals surface area contributed by atoms with E-state index in [0.29, 0.717) is 34.2 Å². The number of benzene rings is 1. The first-order valence-corrected chi connectivity index (χ1v) is 8.90. The summed E-state index contributed by atoms with van der Waals surface area (Å²) in [4.78, 5) is 17.7. The van der Waals surface area contributed by atoms with E-state index in [1.807, 2.05) is 53.1 Å². The molecule has 0 spiro atoms. The average Bonchev–Trinajstić information content (AvgIpc) is 3.42. The summed E-state index contributed by atoms with van der Waals surface area (Å²) in [7, 11) is 0. The largest absolute Gasteiger partial charge is 0.392 e. The van der Waals surface area contributed by atoms with Crippen molar-refractivity contribution < 1.29 is 5.11 Å². The van der Waals surface area contributed by atoms with Gasteiger partial charge < -0.3 is 10.8 Å². The van der Waals surface area contributed by atoms with Crippen molar-refractivity contribution >= 4 is 17.0 Å².